The zero-order chi connectivity index (χ0) is 17.5. The molecule has 0 aliphatic rings. The lowest BCUT2D eigenvalue weighted by atomic mass is 10.1. The number of anilines is 1. The first-order chi connectivity index (χ1) is 11.5. The zero-order valence-corrected chi connectivity index (χ0v) is 14.7. The number of benzene rings is 2. The Morgan fingerprint density at radius 3 is 2.62 bits per heavy atom. The zero-order valence-electron chi connectivity index (χ0n) is 14.7. The first-order valence-electron chi connectivity index (χ1n) is 7.90. The van der Waals surface area contributed by atoms with Gasteiger partial charge in [-0.1, -0.05) is 17.7 Å². The van der Waals surface area contributed by atoms with Crippen LogP contribution >= 0.6 is 0 Å². The number of quaternary nitrogens is 1. The van der Waals surface area contributed by atoms with Gasteiger partial charge in [0.25, 0.3) is 5.91 Å². The monoisotopic (exact) mass is 329 g/mol. The fraction of sp³-hybridized carbons (Fsp3) is 0.316. The number of carbonyl (C=O) groups excluding carboxylic acids is 1. The molecule has 1 atom stereocenters. The largest absolute Gasteiger partial charge is 0.497 e. The minimum atomic E-state index is -0.0348. The van der Waals surface area contributed by atoms with Crippen LogP contribution in [0.15, 0.2) is 42.5 Å². The van der Waals surface area contributed by atoms with E-state index >= 15 is 0 Å². The highest BCUT2D eigenvalue weighted by Crippen LogP contribution is 2.18. The molecule has 0 bridgehead atoms. The highest BCUT2D eigenvalue weighted by Gasteiger charge is 2.14. The minimum absolute atomic E-state index is 0.0348. The number of hydrogen-bond donors (Lipinski definition) is 2. The van der Waals surface area contributed by atoms with E-state index in [4.69, 9.17) is 9.47 Å². The predicted octanol–water partition coefficient (Wildman–Crippen LogP) is 1.67. The molecule has 5 heteroatoms. The average Bonchev–Trinajstić information content (AvgIpc) is 2.55. The van der Waals surface area contributed by atoms with E-state index in [0.29, 0.717) is 6.54 Å². The molecule has 1 unspecified atom stereocenters. The molecule has 0 aliphatic carbocycles. The fourth-order valence-electron chi connectivity index (χ4n) is 2.61. The Labute approximate surface area is 143 Å². The number of ether oxygens (including phenoxy) is 2. The number of likely N-dealkylation sites (N-methyl/N-ethyl adjacent to an activating group) is 1. The molecule has 2 aromatic rings. The van der Waals surface area contributed by atoms with Crippen molar-refractivity contribution in [1.82, 2.24) is 0 Å². The van der Waals surface area contributed by atoms with E-state index < -0.39 is 0 Å². The van der Waals surface area contributed by atoms with Crippen molar-refractivity contribution in [3.05, 3.63) is 53.6 Å². The van der Waals surface area contributed by atoms with Gasteiger partial charge in [-0.2, -0.15) is 0 Å². The number of carbonyl (C=O) groups is 1. The van der Waals surface area contributed by atoms with E-state index in [-0.39, 0.29) is 5.91 Å². The Kier molecular flexibility index (Phi) is 6.21. The topological polar surface area (TPSA) is 52.0 Å². The summed E-state index contributed by atoms with van der Waals surface area (Å²) in [6.07, 6.45) is 0. The molecule has 1 amide bonds. The van der Waals surface area contributed by atoms with Crippen LogP contribution in [-0.2, 0) is 11.3 Å². The number of aryl methyl sites for hydroxylation is 1. The highest BCUT2D eigenvalue weighted by atomic mass is 16.5. The Hall–Kier alpha value is -2.53. The summed E-state index contributed by atoms with van der Waals surface area (Å²) in [6.45, 7) is 3.14. The van der Waals surface area contributed by atoms with Gasteiger partial charge in [0.15, 0.2) is 6.54 Å². The normalized spacial score (nSPS) is 11.7. The molecule has 2 N–H and O–H groups in total. The summed E-state index contributed by atoms with van der Waals surface area (Å²) in [4.78, 5) is 13.3. The van der Waals surface area contributed by atoms with Gasteiger partial charge < -0.3 is 19.7 Å². The van der Waals surface area contributed by atoms with Crippen molar-refractivity contribution < 1.29 is 19.2 Å². The molecule has 2 aromatic carbocycles. The lowest BCUT2D eigenvalue weighted by Crippen LogP contribution is -3.08. The average molecular weight is 329 g/mol. The quantitative estimate of drug-likeness (QED) is 0.812. The molecule has 0 aliphatic heterocycles. The maximum Gasteiger partial charge on any atom is 0.279 e. The third-order valence-corrected chi connectivity index (χ3v) is 3.74. The summed E-state index contributed by atoms with van der Waals surface area (Å²) in [6, 6.07) is 13.4. The molecule has 0 spiro atoms. The van der Waals surface area contributed by atoms with Gasteiger partial charge in [0.1, 0.15) is 18.0 Å². The first-order valence-corrected chi connectivity index (χ1v) is 7.90. The van der Waals surface area contributed by atoms with Crippen LogP contribution in [0.2, 0.25) is 0 Å². The smallest absolute Gasteiger partial charge is 0.279 e. The molecule has 0 aromatic heterocycles. The van der Waals surface area contributed by atoms with Gasteiger partial charge in [-0.25, -0.2) is 0 Å². The molecule has 0 heterocycles. The molecule has 128 valence electrons. The van der Waals surface area contributed by atoms with E-state index in [1.54, 1.807) is 20.3 Å². The molecule has 0 radical (unpaired) electrons. The van der Waals surface area contributed by atoms with Crippen LogP contribution in [0.25, 0.3) is 0 Å². The Bertz CT molecular complexity index is 701. The maximum atomic E-state index is 12.2. The molecular weight excluding hydrogens is 304 g/mol. The fourth-order valence-corrected chi connectivity index (χ4v) is 2.61. The predicted molar refractivity (Wildman–Crippen MR) is 94.8 cm³/mol. The lowest BCUT2D eigenvalue weighted by molar-refractivity contribution is -0.885. The molecule has 0 saturated carbocycles. The Morgan fingerprint density at radius 2 is 1.92 bits per heavy atom. The number of hydrogen-bond acceptors (Lipinski definition) is 3. The molecule has 0 saturated heterocycles. The summed E-state index contributed by atoms with van der Waals surface area (Å²) in [5, 5.41) is 2.90. The van der Waals surface area contributed by atoms with Crippen LogP contribution in [0.3, 0.4) is 0 Å². The Balaban J connectivity index is 1.95. The van der Waals surface area contributed by atoms with Gasteiger partial charge in [0, 0.05) is 17.3 Å². The van der Waals surface area contributed by atoms with Gasteiger partial charge in [-0.15, -0.1) is 0 Å². The summed E-state index contributed by atoms with van der Waals surface area (Å²) in [5.41, 5.74) is 3.02. The molecule has 0 fully saturated rings. The van der Waals surface area contributed by atoms with Crippen molar-refractivity contribution in [2.24, 2.45) is 0 Å². The molecular formula is C19H25N2O3+. The SMILES string of the molecule is COc1cccc(NC(=O)C[NH+](C)Cc2cc(C)ccc2OC)c1. The van der Waals surface area contributed by atoms with Crippen molar-refractivity contribution in [3.63, 3.8) is 0 Å². The summed E-state index contributed by atoms with van der Waals surface area (Å²) >= 11 is 0. The van der Waals surface area contributed by atoms with Gasteiger partial charge >= 0.3 is 0 Å². The van der Waals surface area contributed by atoms with Gasteiger partial charge in [0.2, 0.25) is 0 Å². The van der Waals surface area contributed by atoms with Crippen LogP contribution < -0.4 is 19.7 Å². The van der Waals surface area contributed by atoms with Crippen LogP contribution in [0.4, 0.5) is 5.69 Å². The number of rotatable bonds is 7. The van der Waals surface area contributed by atoms with Gasteiger partial charge in [-0.05, 0) is 31.2 Å². The van der Waals surface area contributed by atoms with Crippen LogP contribution in [0.5, 0.6) is 11.5 Å². The summed E-state index contributed by atoms with van der Waals surface area (Å²) in [7, 11) is 5.26. The standard InChI is InChI=1S/C19H24N2O3/c1-14-8-9-18(24-4)15(10-14)12-21(2)13-19(22)20-16-6-5-7-17(11-16)23-3/h5-11H,12-13H2,1-4H3,(H,20,22)/p+1. The second kappa shape index (κ2) is 8.36. The maximum absolute atomic E-state index is 12.2. The third-order valence-electron chi connectivity index (χ3n) is 3.74. The first kappa shape index (κ1) is 17.8. The summed E-state index contributed by atoms with van der Waals surface area (Å²) < 4.78 is 10.6. The van der Waals surface area contributed by atoms with E-state index in [1.165, 1.54) is 5.56 Å². The van der Waals surface area contributed by atoms with Crippen molar-refractivity contribution in [1.29, 1.82) is 0 Å². The van der Waals surface area contributed by atoms with E-state index in [2.05, 4.69) is 11.4 Å². The third kappa shape index (κ3) is 4.99. The summed E-state index contributed by atoms with van der Waals surface area (Å²) in [5.74, 6) is 1.54. The van der Waals surface area contributed by atoms with Crippen LogP contribution in [0.1, 0.15) is 11.1 Å². The van der Waals surface area contributed by atoms with Crippen molar-refractivity contribution in [2.45, 2.75) is 13.5 Å². The van der Waals surface area contributed by atoms with Crippen molar-refractivity contribution >= 4 is 11.6 Å². The number of amides is 1. The van der Waals surface area contributed by atoms with Crippen molar-refractivity contribution in [3.8, 4) is 11.5 Å². The second-order valence-electron chi connectivity index (χ2n) is 5.91. The number of nitrogens with one attached hydrogen (secondary N) is 2. The van der Waals surface area contributed by atoms with E-state index in [1.807, 2.05) is 44.3 Å². The lowest BCUT2D eigenvalue weighted by Gasteiger charge is -2.16. The van der Waals surface area contributed by atoms with E-state index in [9.17, 15) is 4.79 Å². The molecule has 5 nitrogen and oxygen atoms in total. The number of methoxy groups -OCH3 is 2. The van der Waals surface area contributed by atoms with Crippen LogP contribution in [0, 0.1) is 6.92 Å². The van der Waals surface area contributed by atoms with Crippen LogP contribution in [-0.4, -0.2) is 33.7 Å². The van der Waals surface area contributed by atoms with E-state index in [0.717, 1.165) is 34.2 Å². The van der Waals surface area contributed by atoms with Gasteiger partial charge in [-0.3, -0.25) is 4.79 Å². The molecule has 24 heavy (non-hydrogen) atoms. The van der Waals surface area contributed by atoms with Crippen molar-refractivity contribution in [2.75, 3.05) is 33.1 Å². The molecule has 2 rings (SSSR count). The Morgan fingerprint density at radius 1 is 1.12 bits per heavy atom. The second-order valence-corrected chi connectivity index (χ2v) is 5.91. The minimum Gasteiger partial charge on any atom is -0.497 e. The van der Waals surface area contributed by atoms with Gasteiger partial charge in [0.05, 0.1) is 21.3 Å². The highest BCUT2D eigenvalue weighted by molar-refractivity contribution is 5.91.